The van der Waals surface area contributed by atoms with Crippen molar-refractivity contribution < 1.29 is 17.9 Å². The minimum absolute atomic E-state index is 0.125. The quantitative estimate of drug-likeness (QED) is 0.784. The van der Waals surface area contributed by atoms with Crippen LogP contribution in [0.3, 0.4) is 0 Å². The van der Waals surface area contributed by atoms with E-state index in [4.69, 9.17) is 4.74 Å². The van der Waals surface area contributed by atoms with Crippen molar-refractivity contribution >= 4 is 0 Å². The molecule has 0 aromatic heterocycles. The van der Waals surface area contributed by atoms with Crippen LogP contribution in [0.1, 0.15) is 5.56 Å². The molecule has 0 saturated carbocycles. The molecular formula is C10H12F3NO. The number of benzene rings is 1. The highest BCUT2D eigenvalue weighted by Crippen LogP contribution is 2.35. The summed E-state index contributed by atoms with van der Waals surface area (Å²) in [7, 11) is 1.71. The van der Waals surface area contributed by atoms with Crippen molar-refractivity contribution in [2.24, 2.45) is 0 Å². The van der Waals surface area contributed by atoms with Crippen molar-refractivity contribution in [3.63, 3.8) is 0 Å². The maximum absolute atomic E-state index is 12.5. The molecule has 0 radical (unpaired) electrons. The highest BCUT2D eigenvalue weighted by atomic mass is 19.4. The molecule has 1 aromatic rings. The second-order valence-corrected chi connectivity index (χ2v) is 2.95. The van der Waals surface area contributed by atoms with E-state index >= 15 is 0 Å². The third-order valence-electron chi connectivity index (χ3n) is 1.80. The number of halogens is 3. The summed E-state index contributed by atoms with van der Waals surface area (Å²) in [5, 5.41) is 2.79. The molecule has 0 fully saturated rings. The van der Waals surface area contributed by atoms with Crippen LogP contribution in [-0.2, 0) is 6.18 Å². The van der Waals surface area contributed by atoms with Crippen LogP contribution in [0.2, 0.25) is 0 Å². The molecule has 0 aliphatic carbocycles. The van der Waals surface area contributed by atoms with Crippen LogP contribution in [0.4, 0.5) is 13.2 Å². The van der Waals surface area contributed by atoms with Gasteiger partial charge in [-0.15, -0.1) is 0 Å². The first-order valence-electron chi connectivity index (χ1n) is 4.49. The van der Waals surface area contributed by atoms with Gasteiger partial charge in [0.05, 0.1) is 5.56 Å². The molecule has 84 valence electrons. The lowest BCUT2D eigenvalue weighted by molar-refractivity contribution is -0.138. The van der Waals surface area contributed by atoms with Gasteiger partial charge in [0.2, 0.25) is 0 Å². The second kappa shape index (κ2) is 5.02. The predicted octanol–water partition coefficient (Wildman–Crippen LogP) is 2.30. The summed E-state index contributed by atoms with van der Waals surface area (Å²) in [6, 6.07) is 5.19. The molecule has 1 aromatic carbocycles. The summed E-state index contributed by atoms with van der Waals surface area (Å²) >= 11 is 0. The maximum Gasteiger partial charge on any atom is 0.419 e. The average molecular weight is 219 g/mol. The van der Waals surface area contributed by atoms with Gasteiger partial charge in [0, 0.05) is 6.54 Å². The van der Waals surface area contributed by atoms with E-state index in [1.54, 1.807) is 7.05 Å². The van der Waals surface area contributed by atoms with E-state index in [1.807, 2.05) is 0 Å². The number of alkyl halides is 3. The Labute approximate surface area is 86.1 Å². The van der Waals surface area contributed by atoms with E-state index in [2.05, 4.69) is 5.32 Å². The molecule has 0 saturated heterocycles. The van der Waals surface area contributed by atoms with E-state index in [0.29, 0.717) is 6.54 Å². The Morgan fingerprint density at radius 1 is 1.27 bits per heavy atom. The molecule has 0 atom stereocenters. The minimum Gasteiger partial charge on any atom is -0.492 e. The summed E-state index contributed by atoms with van der Waals surface area (Å²) in [5.41, 5.74) is -0.735. The topological polar surface area (TPSA) is 21.3 Å². The number of nitrogens with one attached hydrogen (secondary N) is 1. The van der Waals surface area contributed by atoms with Crippen LogP contribution >= 0.6 is 0 Å². The zero-order chi connectivity index (χ0) is 11.3. The number of rotatable bonds is 4. The predicted molar refractivity (Wildman–Crippen MR) is 50.9 cm³/mol. The van der Waals surface area contributed by atoms with Crippen LogP contribution in [0.5, 0.6) is 5.75 Å². The number of hydrogen-bond donors (Lipinski definition) is 1. The van der Waals surface area contributed by atoms with Gasteiger partial charge in [-0.3, -0.25) is 0 Å². The Balaban J connectivity index is 2.78. The van der Waals surface area contributed by atoms with Gasteiger partial charge in [-0.2, -0.15) is 13.2 Å². The normalized spacial score (nSPS) is 11.5. The number of hydrogen-bond acceptors (Lipinski definition) is 2. The summed E-state index contributed by atoms with van der Waals surface area (Å²) in [5.74, 6) is -0.125. The fourth-order valence-corrected chi connectivity index (χ4v) is 1.09. The van der Waals surface area contributed by atoms with Crippen LogP contribution in [-0.4, -0.2) is 20.2 Å². The van der Waals surface area contributed by atoms with E-state index in [0.717, 1.165) is 6.07 Å². The van der Waals surface area contributed by atoms with Crippen LogP contribution in [0, 0.1) is 0 Å². The molecule has 0 amide bonds. The first-order valence-corrected chi connectivity index (χ1v) is 4.49. The SMILES string of the molecule is CNCCOc1ccccc1C(F)(F)F. The van der Waals surface area contributed by atoms with Crippen molar-refractivity contribution in [1.29, 1.82) is 0 Å². The van der Waals surface area contributed by atoms with E-state index < -0.39 is 11.7 Å². The summed E-state index contributed by atoms with van der Waals surface area (Å²) in [6.07, 6.45) is -4.36. The molecule has 1 rings (SSSR count). The van der Waals surface area contributed by atoms with E-state index in [1.165, 1.54) is 18.2 Å². The van der Waals surface area contributed by atoms with Crippen molar-refractivity contribution in [3.8, 4) is 5.75 Å². The zero-order valence-corrected chi connectivity index (χ0v) is 8.27. The molecule has 0 spiro atoms. The highest BCUT2D eigenvalue weighted by molar-refractivity contribution is 5.35. The molecule has 15 heavy (non-hydrogen) atoms. The Hall–Kier alpha value is -1.23. The smallest absolute Gasteiger partial charge is 0.419 e. The van der Waals surface area contributed by atoms with Crippen molar-refractivity contribution in [2.75, 3.05) is 20.2 Å². The molecule has 0 unspecified atom stereocenters. The Morgan fingerprint density at radius 3 is 2.53 bits per heavy atom. The summed E-state index contributed by atoms with van der Waals surface area (Å²) in [4.78, 5) is 0. The molecule has 0 aliphatic heterocycles. The average Bonchev–Trinajstić information content (AvgIpc) is 2.17. The largest absolute Gasteiger partial charge is 0.492 e. The molecular weight excluding hydrogens is 207 g/mol. The minimum atomic E-state index is -4.36. The monoisotopic (exact) mass is 219 g/mol. The maximum atomic E-state index is 12.5. The lowest BCUT2D eigenvalue weighted by atomic mass is 10.2. The summed E-state index contributed by atoms with van der Waals surface area (Å²) in [6.45, 7) is 0.718. The van der Waals surface area contributed by atoms with Gasteiger partial charge < -0.3 is 10.1 Å². The van der Waals surface area contributed by atoms with Crippen molar-refractivity contribution in [3.05, 3.63) is 29.8 Å². The van der Waals surface area contributed by atoms with Crippen LogP contribution in [0.25, 0.3) is 0 Å². The first-order chi connectivity index (χ1) is 7.05. The van der Waals surface area contributed by atoms with Gasteiger partial charge in [-0.25, -0.2) is 0 Å². The number of ether oxygens (including phenoxy) is 1. The van der Waals surface area contributed by atoms with Crippen LogP contribution in [0.15, 0.2) is 24.3 Å². The molecule has 0 aliphatic rings. The third-order valence-corrected chi connectivity index (χ3v) is 1.80. The van der Waals surface area contributed by atoms with Gasteiger partial charge in [-0.05, 0) is 19.2 Å². The fraction of sp³-hybridized carbons (Fsp3) is 0.400. The lowest BCUT2D eigenvalue weighted by Gasteiger charge is -2.13. The molecule has 0 heterocycles. The van der Waals surface area contributed by atoms with Gasteiger partial charge in [-0.1, -0.05) is 12.1 Å². The highest BCUT2D eigenvalue weighted by Gasteiger charge is 2.33. The van der Waals surface area contributed by atoms with Gasteiger partial charge >= 0.3 is 6.18 Å². The first kappa shape index (κ1) is 11.8. The second-order valence-electron chi connectivity index (χ2n) is 2.95. The Kier molecular flexibility index (Phi) is 3.96. The van der Waals surface area contributed by atoms with Gasteiger partial charge in [0.15, 0.2) is 0 Å². The van der Waals surface area contributed by atoms with Gasteiger partial charge in [0.1, 0.15) is 12.4 Å². The lowest BCUT2D eigenvalue weighted by Crippen LogP contribution is -2.17. The Bertz CT molecular complexity index is 312. The molecule has 1 N–H and O–H groups in total. The molecule has 2 nitrogen and oxygen atoms in total. The molecule has 5 heteroatoms. The van der Waals surface area contributed by atoms with Gasteiger partial charge in [0.25, 0.3) is 0 Å². The zero-order valence-electron chi connectivity index (χ0n) is 8.27. The summed E-state index contributed by atoms with van der Waals surface area (Å²) < 4.78 is 42.4. The van der Waals surface area contributed by atoms with Crippen molar-refractivity contribution in [1.82, 2.24) is 5.32 Å². The van der Waals surface area contributed by atoms with E-state index in [-0.39, 0.29) is 12.4 Å². The van der Waals surface area contributed by atoms with E-state index in [9.17, 15) is 13.2 Å². The fourth-order valence-electron chi connectivity index (χ4n) is 1.09. The van der Waals surface area contributed by atoms with Crippen molar-refractivity contribution in [2.45, 2.75) is 6.18 Å². The third kappa shape index (κ3) is 3.43. The number of para-hydroxylation sites is 1. The standard InChI is InChI=1S/C10H12F3NO/c1-14-6-7-15-9-5-3-2-4-8(9)10(11,12)13/h2-5,14H,6-7H2,1H3. The van der Waals surface area contributed by atoms with Crippen LogP contribution < -0.4 is 10.1 Å². The number of likely N-dealkylation sites (N-methyl/N-ethyl adjacent to an activating group) is 1. The molecule has 0 bridgehead atoms. The Morgan fingerprint density at radius 2 is 1.93 bits per heavy atom.